The molecular weight excluding hydrogens is 448 g/mol. The van der Waals surface area contributed by atoms with Crippen LogP contribution < -0.4 is 15.3 Å². The number of esters is 1. The van der Waals surface area contributed by atoms with Gasteiger partial charge in [-0.3, -0.25) is 9.69 Å². The molecule has 3 aromatic rings. The SMILES string of the molecule is CCOC(=O)CCc1cc2c(C)cc(=O)oc2c(CN2CCN(c3ccc(OC)cc3)CC2)c1O. The topological polar surface area (TPSA) is 92.5 Å². The van der Waals surface area contributed by atoms with Gasteiger partial charge in [0.05, 0.1) is 19.3 Å². The van der Waals surface area contributed by atoms with Crippen molar-refractivity contribution in [3.05, 3.63) is 63.5 Å². The molecule has 0 saturated carbocycles. The quantitative estimate of drug-likeness (QED) is 0.386. The first-order valence-electron chi connectivity index (χ1n) is 11.9. The third-order valence-corrected chi connectivity index (χ3v) is 6.48. The summed E-state index contributed by atoms with van der Waals surface area (Å²) >= 11 is 0. The fourth-order valence-corrected chi connectivity index (χ4v) is 4.55. The molecule has 0 spiro atoms. The lowest BCUT2D eigenvalue weighted by atomic mass is 9.98. The van der Waals surface area contributed by atoms with E-state index in [1.165, 1.54) is 6.07 Å². The van der Waals surface area contributed by atoms with Crippen LogP contribution in [0.25, 0.3) is 11.0 Å². The van der Waals surface area contributed by atoms with E-state index in [2.05, 4.69) is 21.9 Å². The Bertz CT molecular complexity index is 1240. The minimum Gasteiger partial charge on any atom is -0.507 e. The molecule has 186 valence electrons. The van der Waals surface area contributed by atoms with Gasteiger partial charge in [0, 0.05) is 56.3 Å². The fourth-order valence-electron chi connectivity index (χ4n) is 4.55. The number of aromatic hydroxyl groups is 1. The van der Waals surface area contributed by atoms with E-state index in [0.29, 0.717) is 36.3 Å². The third kappa shape index (κ3) is 5.59. The molecule has 0 atom stereocenters. The van der Waals surface area contributed by atoms with Crippen molar-refractivity contribution >= 4 is 22.6 Å². The molecule has 1 N–H and O–H groups in total. The average Bonchev–Trinajstić information content (AvgIpc) is 2.86. The monoisotopic (exact) mass is 480 g/mol. The average molecular weight is 481 g/mol. The summed E-state index contributed by atoms with van der Waals surface area (Å²) in [4.78, 5) is 28.6. The van der Waals surface area contributed by atoms with Crippen LogP contribution in [0.1, 0.15) is 30.0 Å². The maximum atomic E-state index is 12.1. The van der Waals surface area contributed by atoms with Crippen LogP contribution in [0.4, 0.5) is 5.69 Å². The van der Waals surface area contributed by atoms with E-state index in [1.54, 1.807) is 14.0 Å². The van der Waals surface area contributed by atoms with Crippen molar-refractivity contribution < 1.29 is 23.8 Å². The van der Waals surface area contributed by atoms with Crippen LogP contribution in [0.15, 0.2) is 45.6 Å². The first-order chi connectivity index (χ1) is 16.9. The zero-order chi connectivity index (χ0) is 24.9. The van der Waals surface area contributed by atoms with Crippen molar-refractivity contribution in [3.8, 4) is 11.5 Å². The summed E-state index contributed by atoms with van der Waals surface area (Å²) in [6.45, 7) is 7.62. The minimum absolute atomic E-state index is 0.0770. The largest absolute Gasteiger partial charge is 0.507 e. The first-order valence-corrected chi connectivity index (χ1v) is 11.9. The van der Waals surface area contributed by atoms with Crippen LogP contribution in [0.5, 0.6) is 11.5 Å². The van der Waals surface area contributed by atoms with Gasteiger partial charge >= 0.3 is 11.6 Å². The number of hydrogen-bond donors (Lipinski definition) is 1. The molecule has 35 heavy (non-hydrogen) atoms. The number of fused-ring (bicyclic) bond motifs is 1. The molecule has 1 aliphatic rings. The number of benzene rings is 2. The number of nitrogens with zero attached hydrogens (tertiary/aromatic N) is 2. The molecule has 8 heteroatoms. The van der Waals surface area contributed by atoms with Crippen molar-refractivity contribution in [3.63, 3.8) is 0 Å². The zero-order valence-electron chi connectivity index (χ0n) is 20.5. The fraction of sp³-hybridized carbons (Fsp3) is 0.407. The molecule has 1 aromatic heterocycles. The van der Waals surface area contributed by atoms with Crippen LogP contribution in [-0.2, 0) is 22.5 Å². The molecule has 8 nitrogen and oxygen atoms in total. The number of anilines is 1. The molecule has 1 saturated heterocycles. The number of methoxy groups -OCH3 is 1. The van der Waals surface area contributed by atoms with Crippen LogP contribution in [0.2, 0.25) is 0 Å². The highest BCUT2D eigenvalue weighted by Gasteiger charge is 2.23. The summed E-state index contributed by atoms with van der Waals surface area (Å²) in [6.07, 6.45) is 0.514. The predicted molar refractivity (Wildman–Crippen MR) is 134 cm³/mol. The van der Waals surface area contributed by atoms with Crippen LogP contribution in [0.3, 0.4) is 0 Å². The van der Waals surface area contributed by atoms with E-state index in [-0.39, 0.29) is 18.1 Å². The molecule has 2 heterocycles. The molecule has 0 bridgehead atoms. The van der Waals surface area contributed by atoms with Gasteiger partial charge in [-0.2, -0.15) is 0 Å². The van der Waals surface area contributed by atoms with Gasteiger partial charge in [-0.05, 0) is 61.7 Å². The minimum atomic E-state index is -0.445. The van der Waals surface area contributed by atoms with E-state index >= 15 is 0 Å². The highest BCUT2D eigenvalue weighted by molar-refractivity contribution is 5.86. The Morgan fingerprint density at radius 2 is 1.83 bits per heavy atom. The van der Waals surface area contributed by atoms with Crippen molar-refractivity contribution in [1.82, 2.24) is 4.90 Å². The molecule has 1 aliphatic heterocycles. The Morgan fingerprint density at radius 1 is 1.11 bits per heavy atom. The number of aryl methyl sites for hydroxylation is 2. The number of ether oxygens (including phenoxy) is 2. The Labute approximate surface area is 204 Å². The Morgan fingerprint density at radius 3 is 2.49 bits per heavy atom. The zero-order valence-corrected chi connectivity index (χ0v) is 20.5. The Hall–Kier alpha value is -3.52. The van der Waals surface area contributed by atoms with Crippen molar-refractivity contribution in [2.24, 2.45) is 0 Å². The van der Waals surface area contributed by atoms with Crippen LogP contribution in [0, 0.1) is 6.92 Å². The molecule has 1 fully saturated rings. The van der Waals surface area contributed by atoms with Gasteiger partial charge in [0.1, 0.15) is 17.1 Å². The van der Waals surface area contributed by atoms with E-state index in [1.807, 2.05) is 25.1 Å². The van der Waals surface area contributed by atoms with Crippen LogP contribution >= 0.6 is 0 Å². The molecule has 2 aromatic carbocycles. The number of carbonyl (C=O) groups is 1. The molecule has 0 radical (unpaired) electrons. The summed E-state index contributed by atoms with van der Waals surface area (Å²) in [5.74, 6) is 0.599. The molecule has 0 amide bonds. The van der Waals surface area contributed by atoms with E-state index in [4.69, 9.17) is 13.9 Å². The van der Waals surface area contributed by atoms with Gasteiger partial charge in [0.25, 0.3) is 0 Å². The summed E-state index contributed by atoms with van der Waals surface area (Å²) < 4.78 is 15.9. The summed E-state index contributed by atoms with van der Waals surface area (Å²) in [6, 6.07) is 11.3. The van der Waals surface area contributed by atoms with Gasteiger partial charge in [-0.1, -0.05) is 0 Å². The predicted octanol–water partition coefficient (Wildman–Crippen LogP) is 3.63. The van der Waals surface area contributed by atoms with E-state index < -0.39 is 5.63 Å². The van der Waals surface area contributed by atoms with Gasteiger partial charge in [-0.25, -0.2) is 4.79 Å². The molecule has 0 aliphatic carbocycles. The first kappa shape index (κ1) is 24.6. The summed E-state index contributed by atoms with van der Waals surface area (Å²) in [7, 11) is 1.66. The Balaban J connectivity index is 1.56. The number of rotatable bonds is 8. The number of carbonyl (C=O) groups excluding carboxylic acids is 1. The van der Waals surface area contributed by atoms with Gasteiger partial charge in [0.2, 0.25) is 0 Å². The molecule has 0 unspecified atom stereocenters. The Kier molecular flexibility index (Phi) is 7.60. The van der Waals surface area contributed by atoms with Crippen LogP contribution in [-0.4, -0.2) is 55.9 Å². The van der Waals surface area contributed by atoms with Gasteiger partial charge in [0.15, 0.2) is 0 Å². The highest BCUT2D eigenvalue weighted by atomic mass is 16.5. The van der Waals surface area contributed by atoms with E-state index in [9.17, 15) is 14.7 Å². The highest BCUT2D eigenvalue weighted by Crippen LogP contribution is 2.34. The lowest BCUT2D eigenvalue weighted by Crippen LogP contribution is -2.46. The van der Waals surface area contributed by atoms with Crippen molar-refractivity contribution in [2.45, 2.75) is 33.2 Å². The van der Waals surface area contributed by atoms with Gasteiger partial charge < -0.3 is 23.9 Å². The summed E-state index contributed by atoms with van der Waals surface area (Å²) in [5.41, 5.74) is 3.11. The number of phenolic OH excluding ortho intramolecular Hbond substituents is 1. The van der Waals surface area contributed by atoms with E-state index in [0.717, 1.165) is 48.6 Å². The number of phenols is 1. The number of piperazine rings is 1. The lowest BCUT2D eigenvalue weighted by Gasteiger charge is -2.36. The maximum Gasteiger partial charge on any atom is 0.336 e. The van der Waals surface area contributed by atoms with Crippen molar-refractivity contribution in [2.75, 3.05) is 44.8 Å². The van der Waals surface area contributed by atoms with Crippen molar-refractivity contribution in [1.29, 1.82) is 0 Å². The normalized spacial score (nSPS) is 14.3. The van der Waals surface area contributed by atoms with Gasteiger partial charge in [-0.15, -0.1) is 0 Å². The second-order valence-electron chi connectivity index (χ2n) is 8.75. The third-order valence-electron chi connectivity index (χ3n) is 6.48. The smallest absolute Gasteiger partial charge is 0.336 e. The molecular formula is C27H32N2O6. The summed E-state index contributed by atoms with van der Waals surface area (Å²) in [5, 5.41) is 11.9. The second kappa shape index (κ2) is 10.8. The second-order valence-corrected chi connectivity index (χ2v) is 8.75. The maximum absolute atomic E-state index is 12.1. The molecule has 4 rings (SSSR count). The lowest BCUT2D eigenvalue weighted by molar-refractivity contribution is -0.143. The number of hydrogen-bond acceptors (Lipinski definition) is 8. The standard InChI is InChI=1S/C27H32N2O6/c1-4-34-24(30)10-5-19-16-22-18(2)15-25(31)35-27(22)23(26(19)32)17-28-11-13-29(14-12-28)20-6-8-21(33-3)9-7-20/h6-9,15-16,32H,4-5,10-14,17H2,1-3H3.